The van der Waals surface area contributed by atoms with E-state index < -0.39 is 5.60 Å². The number of nitrogens with one attached hydrogen (secondary N) is 1. The fourth-order valence-corrected chi connectivity index (χ4v) is 3.00. The third-order valence-electron chi connectivity index (χ3n) is 4.46. The van der Waals surface area contributed by atoms with Crippen LogP contribution in [-0.4, -0.2) is 30.2 Å². The van der Waals surface area contributed by atoms with Crippen LogP contribution >= 0.6 is 0 Å². The number of aromatic nitrogens is 1. The van der Waals surface area contributed by atoms with Crippen LogP contribution in [0.5, 0.6) is 5.75 Å². The average Bonchev–Trinajstić information content (AvgIpc) is 2.62. The van der Waals surface area contributed by atoms with Crippen molar-refractivity contribution in [2.75, 3.05) is 19.0 Å². The van der Waals surface area contributed by atoms with E-state index in [9.17, 15) is 4.79 Å². The molecule has 1 atom stereocenters. The highest BCUT2D eigenvalue weighted by molar-refractivity contribution is 6.05. The van der Waals surface area contributed by atoms with E-state index in [1.807, 2.05) is 31.2 Å². The molecule has 1 amide bonds. The summed E-state index contributed by atoms with van der Waals surface area (Å²) in [4.78, 5) is 17.3. The SMILES string of the molecule is CCCCOc1ccc(NC(=O)[C@](C)(CC(C)C)OC)c2cccnc12. The van der Waals surface area contributed by atoms with Gasteiger partial charge in [0.2, 0.25) is 0 Å². The number of rotatable bonds is 9. The van der Waals surface area contributed by atoms with E-state index in [-0.39, 0.29) is 5.91 Å². The molecule has 0 saturated heterocycles. The Morgan fingerprint density at radius 2 is 2.08 bits per heavy atom. The number of amides is 1. The summed E-state index contributed by atoms with van der Waals surface area (Å²) in [5.74, 6) is 0.931. The molecule has 1 aromatic heterocycles. The van der Waals surface area contributed by atoms with E-state index >= 15 is 0 Å². The Kier molecular flexibility index (Phi) is 6.98. The first-order chi connectivity index (χ1) is 12.4. The zero-order chi connectivity index (χ0) is 19.2. The van der Waals surface area contributed by atoms with Gasteiger partial charge in [-0.25, -0.2) is 0 Å². The van der Waals surface area contributed by atoms with Crippen LogP contribution in [0.25, 0.3) is 10.9 Å². The first-order valence-corrected chi connectivity index (χ1v) is 9.28. The van der Waals surface area contributed by atoms with Gasteiger partial charge in [0.15, 0.2) is 0 Å². The molecule has 0 spiro atoms. The predicted octanol–water partition coefficient (Wildman–Crippen LogP) is 4.80. The molecular formula is C21H30N2O3. The number of hydrogen-bond acceptors (Lipinski definition) is 4. The van der Waals surface area contributed by atoms with Crippen LogP contribution in [0.3, 0.4) is 0 Å². The minimum atomic E-state index is -0.876. The largest absolute Gasteiger partial charge is 0.491 e. The highest BCUT2D eigenvalue weighted by atomic mass is 16.5. The second-order valence-electron chi connectivity index (χ2n) is 7.20. The van der Waals surface area contributed by atoms with Gasteiger partial charge in [-0.05, 0) is 49.9 Å². The number of nitrogens with zero attached hydrogens (tertiary/aromatic N) is 1. The normalized spacial score (nSPS) is 13.6. The molecule has 1 heterocycles. The molecular weight excluding hydrogens is 328 g/mol. The van der Waals surface area contributed by atoms with E-state index in [1.54, 1.807) is 13.3 Å². The molecule has 0 unspecified atom stereocenters. The Labute approximate surface area is 156 Å². The molecule has 26 heavy (non-hydrogen) atoms. The summed E-state index contributed by atoms with van der Waals surface area (Å²) in [6.07, 6.45) is 4.45. The van der Waals surface area contributed by atoms with Crippen molar-refractivity contribution in [3.63, 3.8) is 0 Å². The van der Waals surface area contributed by atoms with Crippen molar-refractivity contribution in [2.45, 2.75) is 52.6 Å². The highest BCUT2D eigenvalue weighted by Gasteiger charge is 2.34. The molecule has 2 rings (SSSR count). The van der Waals surface area contributed by atoms with Crippen LogP contribution < -0.4 is 10.1 Å². The molecule has 0 aliphatic rings. The minimum Gasteiger partial charge on any atom is -0.491 e. The van der Waals surface area contributed by atoms with Gasteiger partial charge in [0, 0.05) is 18.7 Å². The Balaban J connectivity index is 2.30. The van der Waals surface area contributed by atoms with Gasteiger partial charge in [0.1, 0.15) is 16.9 Å². The second-order valence-corrected chi connectivity index (χ2v) is 7.20. The number of pyridine rings is 1. The first-order valence-electron chi connectivity index (χ1n) is 9.28. The molecule has 0 saturated carbocycles. The van der Waals surface area contributed by atoms with Crippen molar-refractivity contribution in [3.8, 4) is 5.75 Å². The number of ether oxygens (including phenoxy) is 2. The molecule has 0 aliphatic carbocycles. The monoisotopic (exact) mass is 358 g/mol. The lowest BCUT2D eigenvalue weighted by Gasteiger charge is -2.28. The molecule has 1 aromatic carbocycles. The molecule has 0 fully saturated rings. The van der Waals surface area contributed by atoms with Gasteiger partial charge in [-0.3, -0.25) is 9.78 Å². The Morgan fingerprint density at radius 1 is 1.31 bits per heavy atom. The summed E-state index contributed by atoms with van der Waals surface area (Å²) in [7, 11) is 1.58. The van der Waals surface area contributed by atoms with Crippen LogP contribution in [0, 0.1) is 5.92 Å². The molecule has 2 aromatic rings. The summed E-state index contributed by atoms with van der Waals surface area (Å²) in [5.41, 5.74) is 0.594. The maximum absolute atomic E-state index is 12.9. The lowest BCUT2D eigenvalue weighted by Crippen LogP contribution is -2.43. The van der Waals surface area contributed by atoms with Crippen LogP contribution in [-0.2, 0) is 9.53 Å². The molecule has 1 N–H and O–H groups in total. The number of hydrogen-bond donors (Lipinski definition) is 1. The molecule has 0 aliphatic heterocycles. The molecule has 0 radical (unpaired) electrons. The maximum atomic E-state index is 12.9. The third-order valence-corrected chi connectivity index (χ3v) is 4.46. The lowest BCUT2D eigenvalue weighted by molar-refractivity contribution is -0.137. The van der Waals surface area contributed by atoms with Crippen molar-refractivity contribution in [1.82, 2.24) is 4.98 Å². The van der Waals surface area contributed by atoms with Crippen LogP contribution in [0.15, 0.2) is 30.5 Å². The smallest absolute Gasteiger partial charge is 0.256 e. The van der Waals surface area contributed by atoms with E-state index in [4.69, 9.17) is 9.47 Å². The zero-order valence-corrected chi connectivity index (χ0v) is 16.5. The van der Waals surface area contributed by atoms with Gasteiger partial charge in [-0.15, -0.1) is 0 Å². The van der Waals surface area contributed by atoms with E-state index in [0.717, 1.165) is 29.5 Å². The number of benzene rings is 1. The quantitative estimate of drug-likeness (QED) is 0.654. The lowest BCUT2D eigenvalue weighted by atomic mass is 9.93. The molecule has 142 valence electrons. The minimum absolute atomic E-state index is 0.154. The Morgan fingerprint density at radius 3 is 2.73 bits per heavy atom. The third kappa shape index (κ3) is 4.73. The van der Waals surface area contributed by atoms with Gasteiger partial charge in [-0.1, -0.05) is 27.2 Å². The maximum Gasteiger partial charge on any atom is 0.256 e. The Hall–Kier alpha value is -2.14. The summed E-state index contributed by atoms with van der Waals surface area (Å²) >= 11 is 0. The van der Waals surface area contributed by atoms with E-state index in [1.165, 1.54) is 0 Å². The molecule has 5 nitrogen and oxygen atoms in total. The van der Waals surface area contributed by atoms with Gasteiger partial charge in [0.25, 0.3) is 5.91 Å². The van der Waals surface area contributed by atoms with Gasteiger partial charge in [-0.2, -0.15) is 0 Å². The number of anilines is 1. The van der Waals surface area contributed by atoms with Gasteiger partial charge < -0.3 is 14.8 Å². The first kappa shape index (κ1) is 20.2. The van der Waals surface area contributed by atoms with Crippen molar-refractivity contribution in [2.24, 2.45) is 5.92 Å². The number of unbranched alkanes of at least 4 members (excludes halogenated alkanes) is 1. The van der Waals surface area contributed by atoms with Crippen LogP contribution in [0.4, 0.5) is 5.69 Å². The van der Waals surface area contributed by atoms with E-state index in [0.29, 0.717) is 24.6 Å². The standard InChI is InChI=1S/C21H30N2O3/c1-6-7-13-26-18-11-10-17(16-9-8-12-22-19(16)18)23-20(24)21(4,25-5)14-15(2)3/h8-12,15H,6-7,13-14H2,1-5H3,(H,23,24)/t21-/m0/s1. The van der Waals surface area contributed by atoms with Crippen LogP contribution in [0.1, 0.15) is 47.0 Å². The highest BCUT2D eigenvalue weighted by Crippen LogP contribution is 2.31. The number of fused-ring (bicyclic) bond motifs is 1. The molecule has 0 bridgehead atoms. The predicted molar refractivity (Wildman–Crippen MR) is 106 cm³/mol. The average molecular weight is 358 g/mol. The Bertz CT molecular complexity index is 745. The zero-order valence-electron chi connectivity index (χ0n) is 16.5. The second kappa shape index (κ2) is 8.99. The van der Waals surface area contributed by atoms with E-state index in [2.05, 4.69) is 31.1 Å². The van der Waals surface area contributed by atoms with Gasteiger partial charge in [0.05, 0.1) is 12.3 Å². The summed E-state index contributed by atoms with van der Waals surface area (Å²) in [5, 5.41) is 3.88. The van der Waals surface area contributed by atoms with Crippen molar-refractivity contribution in [1.29, 1.82) is 0 Å². The van der Waals surface area contributed by atoms with Crippen molar-refractivity contribution >= 4 is 22.5 Å². The summed E-state index contributed by atoms with van der Waals surface area (Å²) in [6, 6.07) is 7.54. The van der Waals surface area contributed by atoms with Crippen molar-refractivity contribution in [3.05, 3.63) is 30.5 Å². The van der Waals surface area contributed by atoms with Crippen LogP contribution in [0.2, 0.25) is 0 Å². The fraction of sp³-hybridized carbons (Fsp3) is 0.524. The number of carbonyl (C=O) groups is 1. The number of carbonyl (C=O) groups excluding carboxylic acids is 1. The molecule has 5 heteroatoms. The van der Waals surface area contributed by atoms with Crippen molar-refractivity contribution < 1.29 is 14.3 Å². The summed E-state index contributed by atoms with van der Waals surface area (Å²) in [6.45, 7) is 8.76. The topological polar surface area (TPSA) is 60.5 Å². The summed E-state index contributed by atoms with van der Waals surface area (Å²) < 4.78 is 11.4. The fourth-order valence-electron chi connectivity index (χ4n) is 3.00. The van der Waals surface area contributed by atoms with Gasteiger partial charge >= 0.3 is 0 Å². The number of methoxy groups -OCH3 is 1.